The molecule has 0 saturated carbocycles. The van der Waals surface area contributed by atoms with E-state index in [9.17, 15) is 4.79 Å². The quantitative estimate of drug-likeness (QED) is 0.903. The van der Waals surface area contributed by atoms with Crippen molar-refractivity contribution in [3.63, 3.8) is 0 Å². The van der Waals surface area contributed by atoms with E-state index >= 15 is 0 Å². The van der Waals surface area contributed by atoms with Gasteiger partial charge in [-0.15, -0.1) is 0 Å². The van der Waals surface area contributed by atoms with Crippen LogP contribution >= 0.6 is 34.8 Å². The van der Waals surface area contributed by atoms with Crippen LogP contribution in [0.25, 0.3) is 0 Å². The molecule has 0 heterocycles. The summed E-state index contributed by atoms with van der Waals surface area (Å²) in [6, 6.07) is 6.88. The Balaban J connectivity index is 2.93. The third kappa shape index (κ3) is 4.86. The predicted octanol–water partition coefficient (Wildman–Crippen LogP) is 3.55. The minimum absolute atomic E-state index is 0.179. The zero-order valence-electron chi connectivity index (χ0n) is 8.74. The molecule has 0 aromatic heterocycles. The van der Waals surface area contributed by atoms with Crippen LogP contribution in [0.15, 0.2) is 34.8 Å². The maximum absolute atomic E-state index is 10.8. The van der Waals surface area contributed by atoms with Gasteiger partial charge in [-0.25, -0.2) is 0 Å². The third-order valence-corrected chi connectivity index (χ3v) is 2.80. The first-order chi connectivity index (χ1) is 8.02. The summed E-state index contributed by atoms with van der Waals surface area (Å²) in [4.78, 5) is 12.3. The van der Waals surface area contributed by atoms with Gasteiger partial charge in [-0.2, -0.15) is 0 Å². The Bertz CT molecular complexity index is 434. The van der Waals surface area contributed by atoms with Crippen molar-refractivity contribution < 1.29 is 9.90 Å². The van der Waals surface area contributed by atoms with Crippen molar-refractivity contribution in [1.82, 2.24) is 0 Å². The molecule has 17 heavy (non-hydrogen) atoms. The van der Waals surface area contributed by atoms with Crippen LogP contribution in [-0.2, 0) is 4.79 Å². The Morgan fingerprint density at radius 1 is 1.41 bits per heavy atom. The molecule has 0 spiro atoms. The zero-order chi connectivity index (χ0) is 12.8. The molecule has 0 aliphatic rings. The lowest BCUT2D eigenvalue weighted by Gasteiger charge is -2.22. The largest absolute Gasteiger partial charge is 0.480 e. The Kier molecular flexibility index (Phi) is 5.62. The number of anilines is 1. The highest BCUT2D eigenvalue weighted by Gasteiger charge is 2.12. The van der Waals surface area contributed by atoms with E-state index in [0.717, 1.165) is 0 Å². The van der Waals surface area contributed by atoms with Crippen LogP contribution in [0, 0.1) is 0 Å². The molecule has 0 atom stereocenters. The molecule has 1 aromatic rings. The average molecular weight is 295 g/mol. The molecule has 0 aliphatic heterocycles. The number of benzene rings is 1. The normalized spacial score (nSPS) is 11.4. The fourth-order valence-electron chi connectivity index (χ4n) is 1.29. The molecule has 0 fully saturated rings. The number of carboxylic acids is 1. The highest BCUT2D eigenvalue weighted by molar-refractivity contribution is 6.36. The lowest BCUT2D eigenvalue weighted by Crippen LogP contribution is -2.30. The van der Waals surface area contributed by atoms with Gasteiger partial charge in [0.1, 0.15) is 6.54 Å². The third-order valence-electron chi connectivity index (χ3n) is 1.96. The van der Waals surface area contributed by atoms with E-state index in [4.69, 9.17) is 39.9 Å². The summed E-state index contributed by atoms with van der Waals surface area (Å²) in [7, 11) is 0. The second-order valence-corrected chi connectivity index (χ2v) is 4.43. The molecule has 6 heteroatoms. The van der Waals surface area contributed by atoms with Gasteiger partial charge in [0.05, 0.1) is 6.54 Å². The van der Waals surface area contributed by atoms with Crippen LogP contribution in [0.5, 0.6) is 0 Å². The molecule has 1 aromatic carbocycles. The van der Waals surface area contributed by atoms with Gasteiger partial charge in [-0.1, -0.05) is 40.9 Å². The molecular weight excluding hydrogens is 284 g/mol. The van der Waals surface area contributed by atoms with Crippen molar-refractivity contribution >= 4 is 46.5 Å². The first kappa shape index (κ1) is 14.2. The first-order valence-electron chi connectivity index (χ1n) is 4.70. The fraction of sp³-hybridized carbons (Fsp3) is 0.182. The van der Waals surface area contributed by atoms with Gasteiger partial charge < -0.3 is 10.0 Å². The van der Waals surface area contributed by atoms with Crippen LogP contribution < -0.4 is 4.90 Å². The Morgan fingerprint density at radius 2 is 2.12 bits per heavy atom. The summed E-state index contributed by atoms with van der Waals surface area (Å²) in [5.74, 6) is -0.955. The molecule has 0 unspecified atom stereocenters. The van der Waals surface area contributed by atoms with Crippen molar-refractivity contribution in [3.8, 4) is 0 Å². The second kappa shape index (κ2) is 6.74. The first-order valence-corrected chi connectivity index (χ1v) is 5.89. The minimum Gasteiger partial charge on any atom is -0.480 e. The number of carbonyl (C=O) groups is 1. The molecule has 3 nitrogen and oxygen atoms in total. The van der Waals surface area contributed by atoms with Gasteiger partial charge in [0.15, 0.2) is 0 Å². The lowest BCUT2D eigenvalue weighted by molar-refractivity contribution is -0.135. The molecule has 92 valence electrons. The van der Waals surface area contributed by atoms with E-state index in [0.29, 0.717) is 15.7 Å². The second-order valence-electron chi connectivity index (χ2n) is 3.29. The Hall–Kier alpha value is -0.900. The number of aliphatic carboxylic acids is 1. The number of halogens is 3. The molecule has 0 saturated heterocycles. The molecule has 1 N–H and O–H groups in total. The van der Waals surface area contributed by atoms with Crippen LogP contribution in [0.1, 0.15) is 0 Å². The Morgan fingerprint density at radius 3 is 2.65 bits per heavy atom. The van der Waals surface area contributed by atoms with Crippen molar-refractivity contribution in [3.05, 3.63) is 39.9 Å². The number of hydrogen-bond acceptors (Lipinski definition) is 2. The highest BCUT2D eigenvalue weighted by Crippen LogP contribution is 2.21. The van der Waals surface area contributed by atoms with Gasteiger partial charge in [0, 0.05) is 21.3 Å². The van der Waals surface area contributed by atoms with Crippen molar-refractivity contribution in [1.29, 1.82) is 0 Å². The topological polar surface area (TPSA) is 40.5 Å². The maximum atomic E-state index is 10.8. The van der Waals surface area contributed by atoms with E-state index in [1.165, 1.54) is 5.54 Å². The molecule has 0 bridgehead atoms. The predicted molar refractivity (Wildman–Crippen MR) is 71.1 cm³/mol. The summed E-state index contributed by atoms with van der Waals surface area (Å²) in [5.41, 5.74) is 1.89. The van der Waals surface area contributed by atoms with E-state index in [2.05, 4.69) is 0 Å². The van der Waals surface area contributed by atoms with Crippen molar-refractivity contribution in [2.24, 2.45) is 0 Å². The van der Waals surface area contributed by atoms with Gasteiger partial charge in [0.2, 0.25) is 0 Å². The molecule has 0 radical (unpaired) electrons. The summed E-state index contributed by atoms with van der Waals surface area (Å²) in [5, 5.41) is 9.72. The summed E-state index contributed by atoms with van der Waals surface area (Å²) >= 11 is 17.1. The average Bonchev–Trinajstić information content (AvgIpc) is 2.27. The summed E-state index contributed by atoms with van der Waals surface area (Å²) in [6.45, 7) is 0.0407. The van der Waals surface area contributed by atoms with Gasteiger partial charge in [0.25, 0.3) is 0 Å². The number of carboxylic acid groups (broad SMARTS) is 1. The van der Waals surface area contributed by atoms with Gasteiger partial charge in [-0.05, 0) is 18.2 Å². The minimum atomic E-state index is -0.955. The van der Waals surface area contributed by atoms with E-state index < -0.39 is 5.97 Å². The lowest BCUT2D eigenvalue weighted by atomic mass is 10.3. The molecule has 0 amide bonds. The number of nitrogens with zero attached hydrogens (tertiary/aromatic N) is 1. The highest BCUT2D eigenvalue weighted by atomic mass is 35.5. The van der Waals surface area contributed by atoms with E-state index in [1.807, 2.05) is 0 Å². The SMILES string of the molecule is O=C(O)CN(CC(Cl)=CCl)c1cccc(Cl)c1. The molecule has 0 aliphatic carbocycles. The van der Waals surface area contributed by atoms with Crippen LogP contribution in [0.2, 0.25) is 5.02 Å². The summed E-state index contributed by atoms with van der Waals surface area (Å²) in [6.07, 6.45) is 0. The van der Waals surface area contributed by atoms with Crippen LogP contribution in [-0.4, -0.2) is 24.2 Å². The van der Waals surface area contributed by atoms with Crippen LogP contribution in [0.3, 0.4) is 0 Å². The van der Waals surface area contributed by atoms with Gasteiger partial charge in [-0.3, -0.25) is 4.79 Å². The van der Waals surface area contributed by atoms with E-state index in [1.54, 1.807) is 29.2 Å². The number of hydrogen-bond donors (Lipinski definition) is 1. The monoisotopic (exact) mass is 293 g/mol. The fourth-order valence-corrected chi connectivity index (χ4v) is 1.69. The van der Waals surface area contributed by atoms with E-state index in [-0.39, 0.29) is 13.1 Å². The molecular formula is C11H10Cl3NO2. The standard InChI is InChI=1S/C11H10Cl3NO2/c12-5-9(14)6-15(7-11(16)17)10-3-1-2-8(13)4-10/h1-5H,6-7H2,(H,16,17). The van der Waals surface area contributed by atoms with Gasteiger partial charge >= 0.3 is 5.97 Å². The Labute approximate surface area is 114 Å². The maximum Gasteiger partial charge on any atom is 0.323 e. The summed E-state index contributed by atoms with van der Waals surface area (Å²) < 4.78 is 0. The molecule has 1 rings (SSSR count). The number of rotatable bonds is 5. The van der Waals surface area contributed by atoms with Crippen molar-refractivity contribution in [2.75, 3.05) is 18.0 Å². The zero-order valence-corrected chi connectivity index (χ0v) is 11.0. The smallest absolute Gasteiger partial charge is 0.323 e. The van der Waals surface area contributed by atoms with Crippen LogP contribution in [0.4, 0.5) is 5.69 Å². The van der Waals surface area contributed by atoms with Crippen molar-refractivity contribution in [2.45, 2.75) is 0 Å².